The average Bonchev–Trinajstić information content (AvgIpc) is 3.17. The Labute approximate surface area is 165 Å². The number of halogens is 1. The quantitative estimate of drug-likeness (QED) is 0.455. The second-order valence-electron chi connectivity index (χ2n) is 6.56. The molecule has 5 aromatic rings. The van der Waals surface area contributed by atoms with E-state index in [9.17, 15) is 4.39 Å². The largest absolute Gasteiger partial charge is 0.497 e. The van der Waals surface area contributed by atoms with Gasteiger partial charge in [0.1, 0.15) is 23.0 Å². The predicted molar refractivity (Wildman–Crippen MR) is 109 cm³/mol. The Hall–Kier alpha value is -3.93. The first-order chi connectivity index (χ1) is 14.2. The predicted octanol–water partition coefficient (Wildman–Crippen LogP) is 5.36. The number of imidazole rings is 1. The van der Waals surface area contributed by atoms with Crippen molar-refractivity contribution in [2.24, 2.45) is 4.99 Å². The molecular weight excluding hydrogens is 369 g/mol. The lowest BCUT2D eigenvalue weighted by Gasteiger charge is -2.05. The molecule has 6 heteroatoms. The molecule has 3 aromatic carbocycles. The van der Waals surface area contributed by atoms with Crippen LogP contribution in [0, 0.1) is 5.82 Å². The first-order valence-corrected chi connectivity index (χ1v) is 9.07. The molecule has 0 radical (unpaired) electrons. The summed E-state index contributed by atoms with van der Waals surface area (Å²) < 4.78 is 25.1. The van der Waals surface area contributed by atoms with Crippen LogP contribution in [0.5, 0.6) is 5.75 Å². The molecule has 0 aliphatic carbocycles. The van der Waals surface area contributed by atoms with E-state index >= 15 is 0 Å². The SMILES string of the molecule is COc1ccc2oc(=Nc3cccc(F)c3)c(-c3nc4ccccc4[nH]3)cc2c1. The fraction of sp³-hybridized carbons (Fsp3) is 0.0435. The summed E-state index contributed by atoms with van der Waals surface area (Å²) in [6.07, 6.45) is 0. The summed E-state index contributed by atoms with van der Waals surface area (Å²) in [6, 6.07) is 21.3. The number of ether oxygens (including phenoxy) is 1. The van der Waals surface area contributed by atoms with E-state index in [0.29, 0.717) is 28.2 Å². The number of rotatable bonds is 3. The number of H-pyrrole nitrogens is 1. The van der Waals surface area contributed by atoms with Crippen LogP contribution in [0.1, 0.15) is 0 Å². The van der Waals surface area contributed by atoms with Crippen LogP contribution in [0.25, 0.3) is 33.4 Å². The molecule has 5 rings (SSSR count). The monoisotopic (exact) mass is 385 g/mol. The molecule has 0 saturated carbocycles. The van der Waals surface area contributed by atoms with Crippen molar-refractivity contribution >= 4 is 27.7 Å². The topological polar surface area (TPSA) is 63.4 Å². The number of nitrogens with zero attached hydrogens (tertiary/aromatic N) is 2. The van der Waals surface area contributed by atoms with Crippen molar-refractivity contribution in [1.29, 1.82) is 0 Å². The lowest BCUT2D eigenvalue weighted by atomic mass is 10.1. The molecule has 0 fully saturated rings. The lowest BCUT2D eigenvalue weighted by molar-refractivity contribution is 0.415. The van der Waals surface area contributed by atoms with Gasteiger partial charge in [0, 0.05) is 5.39 Å². The van der Waals surface area contributed by atoms with Crippen molar-refractivity contribution in [2.75, 3.05) is 7.11 Å². The van der Waals surface area contributed by atoms with Crippen LogP contribution in [0.4, 0.5) is 10.1 Å². The molecule has 0 atom stereocenters. The van der Waals surface area contributed by atoms with E-state index in [4.69, 9.17) is 9.15 Å². The zero-order chi connectivity index (χ0) is 19.8. The Morgan fingerprint density at radius 1 is 1.00 bits per heavy atom. The third kappa shape index (κ3) is 3.25. The van der Waals surface area contributed by atoms with Gasteiger partial charge in [0.2, 0.25) is 5.55 Å². The summed E-state index contributed by atoms with van der Waals surface area (Å²) in [5.41, 5.74) is 3.85. The van der Waals surface area contributed by atoms with Gasteiger partial charge in [-0.25, -0.2) is 14.4 Å². The van der Waals surface area contributed by atoms with E-state index in [1.165, 1.54) is 12.1 Å². The standard InChI is InChI=1S/C23H16FN3O2/c1-28-17-9-10-21-14(11-17)12-18(22-26-19-7-2-3-8-20(19)27-22)23(29-21)25-16-6-4-5-15(24)13-16/h2-13H,1H3,(H,26,27). The summed E-state index contributed by atoms with van der Waals surface area (Å²) in [5.74, 6) is 0.981. The van der Waals surface area contributed by atoms with E-state index in [0.717, 1.165) is 22.2 Å². The molecule has 2 aromatic heterocycles. The third-order valence-electron chi connectivity index (χ3n) is 4.64. The number of hydrogen-bond donors (Lipinski definition) is 1. The fourth-order valence-electron chi connectivity index (χ4n) is 3.23. The van der Waals surface area contributed by atoms with Crippen molar-refractivity contribution in [2.45, 2.75) is 0 Å². The van der Waals surface area contributed by atoms with E-state index in [2.05, 4.69) is 15.0 Å². The van der Waals surface area contributed by atoms with Gasteiger partial charge in [0.15, 0.2) is 0 Å². The molecule has 0 spiro atoms. The average molecular weight is 385 g/mol. The maximum absolute atomic E-state index is 13.6. The number of fused-ring (bicyclic) bond motifs is 2. The summed E-state index contributed by atoms with van der Waals surface area (Å²) >= 11 is 0. The lowest BCUT2D eigenvalue weighted by Crippen LogP contribution is -2.06. The van der Waals surface area contributed by atoms with Gasteiger partial charge in [-0.15, -0.1) is 0 Å². The van der Waals surface area contributed by atoms with E-state index in [1.54, 1.807) is 19.2 Å². The van der Waals surface area contributed by atoms with Crippen LogP contribution in [-0.4, -0.2) is 17.1 Å². The summed E-state index contributed by atoms with van der Waals surface area (Å²) in [7, 11) is 1.62. The van der Waals surface area contributed by atoms with Crippen molar-refractivity contribution in [3.63, 3.8) is 0 Å². The molecule has 142 valence electrons. The Kier molecular flexibility index (Phi) is 4.09. The number of aromatic nitrogens is 2. The molecule has 5 nitrogen and oxygen atoms in total. The number of methoxy groups -OCH3 is 1. The van der Waals surface area contributed by atoms with Crippen molar-refractivity contribution < 1.29 is 13.5 Å². The van der Waals surface area contributed by atoms with Gasteiger partial charge in [-0.2, -0.15) is 0 Å². The number of hydrogen-bond acceptors (Lipinski definition) is 4. The minimum absolute atomic E-state index is 0.340. The normalized spacial score (nSPS) is 12.0. The maximum Gasteiger partial charge on any atom is 0.230 e. The van der Waals surface area contributed by atoms with Gasteiger partial charge < -0.3 is 14.1 Å². The number of benzene rings is 3. The second kappa shape index (κ2) is 6.91. The van der Waals surface area contributed by atoms with E-state index in [-0.39, 0.29) is 5.82 Å². The zero-order valence-corrected chi connectivity index (χ0v) is 15.5. The first kappa shape index (κ1) is 17.2. The Morgan fingerprint density at radius 3 is 2.72 bits per heavy atom. The summed E-state index contributed by atoms with van der Waals surface area (Å²) in [4.78, 5) is 12.5. The van der Waals surface area contributed by atoms with E-state index in [1.807, 2.05) is 48.5 Å². The number of nitrogens with one attached hydrogen (secondary N) is 1. The molecule has 2 heterocycles. The molecule has 0 saturated heterocycles. The molecule has 29 heavy (non-hydrogen) atoms. The Morgan fingerprint density at radius 2 is 1.90 bits per heavy atom. The third-order valence-corrected chi connectivity index (χ3v) is 4.64. The molecule has 0 aliphatic rings. The minimum atomic E-state index is -0.359. The maximum atomic E-state index is 13.6. The Bertz CT molecular complexity index is 1390. The van der Waals surface area contributed by atoms with E-state index < -0.39 is 0 Å². The highest BCUT2D eigenvalue weighted by atomic mass is 19.1. The highest BCUT2D eigenvalue weighted by Crippen LogP contribution is 2.25. The Balaban J connectivity index is 1.80. The van der Waals surface area contributed by atoms with Crippen LogP contribution < -0.4 is 10.3 Å². The summed E-state index contributed by atoms with van der Waals surface area (Å²) in [6.45, 7) is 0. The van der Waals surface area contributed by atoms with Gasteiger partial charge in [-0.3, -0.25) is 0 Å². The smallest absolute Gasteiger partial charge is 0.230 e. The first-order valence-electron chi connectivity index (χ1n) is 9.07. The van der Waals surface area contributed by atoms with Crippen molar-refractivity contribution in [1.82, 2.24) is 9.97 Å². The minimum Gasteiger partial charge on any atom is -0.497 e. The van der Waals surface area contributed by atoms with Gasteiger partial charge in [0.25, 0.3) is 0 Å². The van der Waals surface area contributed by atoms with Crippen molar-refractivity contribution in [3.8, 4) is 17.1 Å². The van der Waals surface area contributed by atoms with Crippen LogP contribution in [0.15, 0.2) is 82.2 Å². The van der Waals surface area contributed by atoms with Crippen LogP contribution >= 0.6 is 0 Å². The molecule has 0 bridgehead atoms. The molecule has 0 amide bonds. The van der Waals surface area contributed by atoms with Crippen LogP contribution in [0.2, 0.25) is 0 Å². The summed E-state index contributed by atoms with van der Waals surface area (Å²) in [5, 5.41) is 0.845. The van der Waals surface area contributed by atoms with Crippen LogP contribution in [0.3, 0.4) is 0 Å². The fourth-order valence-corrected chi connectivity index (χ4v) is 3.23. The van der Waals surface area contributed by atoms with Crippen LogP contribution in [-0.2, 0) is 0 Å². The van der Waals surface area contributed by atoms with Gasteiger partial charge in [-0.05, 0) is 54.6 Å². The zero-order valence-electron chi connectivity index (χ0n) is 15.5. The highest BCUT2D eigenvalue weighted by Gasteiger charge is 2.12. The van der Waals surface area contributed by atoms with Gasteiger partial charge in [-0.1, -0.05) is 18.2 Å². The highest BCUT2D eigenvalue weighted by molar-refractivity contribution is 5.84. The number of aromatic amines is 1. The molecule has 0 unspecified atom stereocenters. The second-order valence-corrected chi connectivity index (χ2v) is 6.56. The molecule has 0 aliphatic heterocycles. The van der Waals surface area contributed by atoms with Crippen molar-refractivity contribution in [3.05, 3.63) is 84.2 Å². The molecular formula is C23H16FN3O2. The van der Waals surface area contributed by atoms with Gasteiger partial charge in [0.05, 0.1) is 29.4 Å². The molecule has 1 N–H and O–H groups in total. The number of para-hydroxylation sites is 2. The van der Waals surface area contributed by atoms with Gasteiger partial charge >= 0.3 is 0 Å².